The van der Waals surface area contributed by atoms with Crippen molar-refractivity contribution in [1.29, 1.82) is 0 Å². The van der Waals surface area contributed by atoms with Crippen LogP contribution in [0.25, 0.3) is 49.9 Å². The van der Waals surface area contributed by atoms with Gasteiger partial charge in [-0.1, -0.05) is 103 Å². The van der Waals surface area contributed by atoms with Gasteiger partial charge in [0.25, 0.3) is 0 Å². The lowest BCUT2D eigenvalue weighted by Gasteiger charge is -2.30. The van der Waals surface area contributed by atoms with E-state index in [0.29, 0.717) is 5.92 Å². The summed E-state index contributed by atoms with van der Waals surface area (Å²) in [5.74, 6) is 0.332. The second kappa shape index (κ2) is 7.80. The van der Waals surface area contributed by atoms with Gasteiger partial charge in [0.1, 0.15) is 0 Å². The fraction of sp³-hybridized carbons (Fsp3) is 0.128. The molecule has 0 radical (unpaired) electrons. The Kier molecular flexibility index (Phi) is 4.30. The van der Waals surface area contributed by atoms with E-state index >= 15 is 0 Å². The molecule has 0 spiro atoms. The Labute approximate surface area is 229 Å². The molecule has 0 aromatic heterocycles. The van der Waals surface area contributed by atoms with Gasteiger partial charge in [0.05, 0.1) is 0 Å². The Bertz CT molecular complexity index is 2050. The molecule has 3 aliphatic rings. The molecular formula is C39H28. The zero-order valence-electron chi connectivity index (χ0n) is 22.1. The van der Waals surface area contributed by atoms with E-state index in [4.69, 9.17) is 0 Å². The maximum Gasteiger partial charge on any atom is 0.0308 e. The van der Waals surface area contributed by atoms with Crippen molar-refractivity contribution in [1.82, 2.24) is 0 Å². The Hall–Kier alpha value is -4.42. The topological polar surface area (TPSA) is 0 Å². The van der Waals surface area contributed by atoms with Crippen molar-refractivity contribution >= 4 is 27.6 Å². The number of benzene rings is 6. The number of hydrogen-bond donors (Lipinski definition) is 0. The third-order valence-electron chi connectivity index (χ3n) is 9.65. The van der Waals surface area contributed by atoms with Crippen LogP contribution in [-0.2, 0) is 19.3 Å². The van der Waals surface area contributed by atoms with Crippen LogP contribution in [0.15, 0.2) is 109 Å². The number of allylic oxidation sites excluding steroid dienone is 1. The van der Waals surface area contributed by atoms with Crippen LogP contribution in [0.5, 0.6) is 0 Å². The van der Waals surface area contributed by atoms with E-state index in [9.17, 15) is 0 Å². The third-order valence-corrected chi connectivity index (χ3v) is 9.65. The molecule has 0 saturated heterocycles. The normalized spacial score (nSPS) is 16.4. The second-order valence-corrected chi connectivity index (χ2v) is 11.6. The summed E-state index contributed by atoms with van der Waals surface area (Å²) in [4.78, 5) is 0. The van der Waals surface area contributed by atoms with Gasteiger partial charge in [0, 0.05) is 5.92 Å². The van der Waals surface area contributed by atoms with Crippen molar-refractivity contribution in [3.63, 3.8) is 0 Å². The highest BCUT2D eigenvalue weighted by molar-refractivity contribution is 6.14. The lowest BCUT2D eigenvalue weighted by atomic mass is 9.74. The summed E-state index contributed by atoms with van der Waals surface area (Å²) in [6.45, 7) is 2.35. The first-order valence-corrected chi connectivity index (χ1v) is 14.2. The molecule has 0 amide bonds. The summed E-state index contributed by atoms with van der Waals surface area (Å²) >= 11 is 0. The standard InChI is InChI=1S/C39H28/c1-23-19-34-30(35-20-24-9-2-4-11-26(24)28-13-6-7-14-29(28)35)15-8-16-33(34)39(23)38-22-37-27-12-5-3-10-25(27)21-36(37)31-17-18-32(31)38/h2-16,19-20,22,39H,17-18,21H2,1H3. The molecule has 1 unspecified atom stereocenters. The van der Waals surface area contributed by atoms with E-state index in [1.165, 1.54) is 78.9 Å². The molecule has 9 rings (SSSR count). The summed E-state index contributed by atoms with van der Waals surface area (Å²) in [6.07, 6.45) is 6.02. The molecule has 0 bridgehead atoms. The SMILES string of the molecule is CC1=Cc2c(-c3cc4ccccc4c4ccccc34)cccc2C1c1cc2c(c3c1CC3)Cc1ccccc1-2. The van der Waals surface area contributed by atoms with Crippen LogP contribution in [-0.4, -0.2) is 0 Å². The molecule has 0 fully saturated rings. The van der Waals surface area contributed by atoms with E-state index in [0.717, 1.165) is 6.42 Å². The average Bonchev–Trinajstić information content (AvgIpc) is 3.48. The van der Waals surface area contributed by atoms with Crippen molar-refractivity contribution in [2.45, 2.75) is 32.1 Å². The highest BCUT2D eigenvalue weighted by atomic mass is 14.4. The summed E-state index contributed by atoms with van der Waals surface area (Å²) < 4.78 is 0. The molecule has 0 N–H and O–H groups in total. The van der Waals surface area contributed by atoms with E-state index in [-0.39, 0.29) is 0 Å². The van der Waals surface area contributed by atoms with Gasteiger partial charge in [-0.05, 0) is 121 Å². The van der Waals surface area contributed by atoms with Crippen molar-refractivity contribution < 1.29 is 0 Å². The van der Waals surface area contributed by atoms with Crippen LogP contribution >= 0.6 is 0 Å². The number of fused-ring (bicyclic) bond motifs is 9. The summed E-state index contributed by atoms with van der Waals surface area (Å²) in [7, 11) is 0. The van der Waals surface area contributed by atoms with Crippen molar-refractivity contribution in [3.8, 4) is 22.3 Å². The maximum absolute atomic E-state index is 2.56. The van der Waals surface area contributed by atoms with E-state index in [1.807, 2.05) is 0 Å². The Balaban J connectivity index is 1.26. The predicted molar refractivity (Wildman–Crippen MR) is 164 cm³/mol. The van der Waals surface area contributed by atoms with Gasteiger partial charge in [-0.3, -0.25) is 0 Å². The van der Waals surface area contributed by atoms with Gasteiger partial charge in [0.2, 0.25) is 0 Å². The van der Waals surface area contributed by atoms with Gasteiger partial charge < -0.3 is 0 Å². The molecule has 6 aromatic rings. The predicted octanol–water partition coefficient (Wildman–Crippen LogP) is 9.88. The molecule has 0 heterocycles. The lowest BCUT2D eigenvalue weighted by molar-refractivity contribution is 0.787. The molecule has 0 aliphatic heterocycles. The minimum absolute atomic E-state index is 0.332. The van der Waals surface area contributed by atoms with Crippen LogP contribution in [0, 0.1) is 0 Å². The monoisotopic (exact) mass is 496 g/mol. The molecule has 0 nitrogen and oxygen atoms in total. The Morgan fingerprint density at radius 1 is 0.538 bits per heavy atom. The summed E-state index contributed by atoms with van der Waals surface area (Å²) in [5, 5.41) is 5.29. The molecular weight excluding hydrogens is 468 g/mol. The Morgan fingerprint density at radius 2 is 1.28 bits per heavy atom. The van der Waals surface area contributed by atoms with Crippen molar-refractivity contribution in [2.75, 3.05) is 0 Å². The van der Waals surface area contributed by atoms with Crippen LogP contribution in [0.1, 0.15) is 51.8 Å². The van der Waals surface area contributed by atoms with Gasteiger partial charge in [0.15, 0.2) is 0 Å². The summed E-state index contributed by atoms with van der Waals surface area (Å²) in [5.41, 5.74) is 17.8. The van der Waals surface area contributed by atoms with Crippen LogP contribution < -0.4 is 0 Å². The first-order chi connectivity index (χ1) is 19.3. The van der Waals surface area contributed by atoms with E-state index < -0.39 is 0 Å². The van der Waals surface area contributed by atoms with E-state index in [1.54, 1.807) is 22.3 Å². The molecule has 0 heteroatoms. The first kappa shape index (κ1) is 21.5. The van der Waals surface area contributed by atoms with Crippen LogP contribution in [0.3, 0.4) is 0 Å². The fourth-order valence-electron chi connectivity index (χ4n) is 7.82. The largest absolute Gasteiger partial charge is 0.0619 e. The van der Waals surface area contributed by atoms with Crippen LogP contribution in [0.2, 0.25) is 0 Å². The number of hydrogen-bond acceptors (Lipinski definition) is 0. The highest BCUT2D eigenvalue weighted by Gasteiger charge is 2.35. The lowest BCUT2D eigenvalue weighted by Crippen LogP contribution is -2.18. The molecule has 0 saturated carbocycles. The van der Waals surface area contributed by atoms with Crippen molar-refractivity contribution in [2.24, 2.45) is 0 Å². The quantitative estimate of drug-likeness (QED) is 0.209. The minimum Gasteiger partial charge on any atom is -0.0619 e. The fourth-order valence-corrected chi connectivity index (χ4v) is 7.82. The minimum atomic E-state index is 0.332. The second-order valence-electron chi connectivity index (χ2n) is 11.6. The molecule has 1 atom stereocenters. The zero-order valence-corrected chi connectivity index (χ0v) is 22.1. The van der Waals surface area contributed by atoms with Gasteiger partial charge in [-0.15, -0.1) is 0 Å². The zero-order chi connectivity index (χ0) is 25.7. The van der Waals surface area contributed by atoms with Crippen LogP contribution in [0.4, 0.5) is 0 Å². The smallest absolute Gasteiger partial charge is 0.0308 e. The average molecular weight is 497 g/mol. The number of rotatable bonds is 2. The van der Waals surface area contributed by atoms with Crippen molar-refractivity contribution in [3.05, 3.63) is 148 Å². The molecule has 39 heavy (non-hydrogen) atoms. The molecule has 184 valence electrons. The first-order valence-electron chi connectivity index (χ1n) is 14.2. The van der Waals surface area contributed by atoms with Gasteiger partial charge in [-0.25, -0.2) is 0 Å². The van der Waals surface area contributed by atoms with E-state index in [2.05, 4.69) is 116 Å². The molecule has 3 aliphatic carbocycles. The highest BCUT2D eigenvalue weighted by Crippen LogP contribution is 2.51. The Morgan fingerprint density at radius 3 is 2.15 bits per heavy atom. The summed E-state index contributed by atoms with van der Waals surface area (Å²) in [6, 6.07) is 38.7. The van der Waals surface area contributed by atoms with Gasteiger partial charge in [-0.2, -0.15) is 0 Å². The maximum atomic E-state index is 2.56. The van der Waals surface area contributed by atoms with Gasteiger partial charge >= 0.3 is 0 Å². The molecule has 6 aromatic carbocycles. The third kappa shape index (κ3) is 2.89.